The van der Waals surface area contributed by atoms with E-state index in [-0.39, 0.29) is 18.4 Å². The van der Waals surface area contributed by atoms with Gasteiger partial charge >= 0.3 is 5.97 Å². The van der Waals surface area contributed by atoms with Gasteiger partial charge in [-0.1, -0.05) is 0 Å². The molecule has 1 heterocycles. The lowest BCUT2D eigenvalue weighted by molar-refractivity contribution is -0.145. The van der Waals surface area contributed by atoms with Crippen LogP contribution in [0.5, 0.6) is 0 Å². The number of amides is 2. The SMILES string of the molecule is C[C@@H](O)[C@H](NC(=O)C1CC(=O)N(C2CC2)C1)C(=O)O. The molecule has 1 unspecified atom stereocenters. The quantitative estimate of drug-likeness (QED) is 0.591. The predicted octanol–water partition coefficient (Wildman–Crippen LogP) is -1.05. The first-order valence-electron chi connectivity index (χ1n) is 6.41. The van der Waals surface area contributed by atoms with Crippen molar-refractivity contribution in [1.29, 1.82) is 0 Å². The molecule has 106 valence electrons. The van der Waals surface area contributed by atoms with Crippen LogP contribution in [-0.2, 0) is 14.4 Å². The Kier molecular flexibility index (Phi) is 3.75. The number of carboxylic acids is 1. The zero-order valence-corrected chi connectivity index (χ0v) is 10.7. The summed E-state index contributed by atoms with van der Waals surface area (Å²) in [5, 5.41) is 20.5. The monoisotopic (exact) mass is 270 g/mol. The lowest BCUT2D eigenvalue weighted by Crippen LogP contribution is -2.49. The topological polar surface area (TPSA) is 107 Å². The van der Waals surface area contributed by atoms with Crippen molar-refractivity contribution in [2.24, 2.45) is 5.92 Å². The molecule has 1 saturated heterocycles. The Morgan fingerprint density at radius 1 is 1.42 bits per heavy atom. The molecule has 7 heteroatoms. The fraction of sp³-hybridized carbons (Fsp3) is 0.750. The van der Waals surface area contributed by atoms with Crippen LogP contribution in [-0.4, -0.2) is 57.6 Å². The first-order valence-corrected chi connectivity index (χ1v) is 6.41. The molecule has 0 bridgehead atoms. The fourth-order valence-electron chi connectivity index (χ4n) is 2.31. The molecule has 2 amide bonds. The van der Waals surface area contributed by atoms with E-state index in [1.54, 1.807) is 4.90 Å². The highest BCUT2D eigenvalue weighted by Crippen LogP contribution is 2.32. The molecule has 1 aliphatic heterocycles. The van der Waals surface area contributed by atoms with Gasteiger partial charge in [0.15, 0.2) is 6.04 Å². The Morgan fingerprint density at radius 3 is 2.53 bits per heavy atom. The van der Waals surface area contributed by atoms with Gasteiger partial charge in [0, 0.05) is 19.0 Å². The summed E-state index contributed by atoms with van der Waals surface area (Å²) < 4.78 is 0. The molecular weight excluding hydrogens is 252 g/mol. The smallest absolute Gasteiger partial charge is 0.328 e. The number of nitrogens with zero attached hydrogens (tertiary/aromatic N) is 1. The molecule has 0 aromatic carbocycles. The van der Waals surface area contributed by atoms with Crippen molar-refractivity contribution in [2.75, 3.05) is 6.54 Å². The van der Waals surface area contributed by atoms with Crippen molar-refractivity contribution in [3.63, 3.8) is 0 Å². The van der Waals surface area contributed by atoms with E-state index >= 15 is 0 Å². The highest BCUT2D eigenvalue weighted by Gasteiger charge is 2.42. The van der Waals surface area contributed by atoms with Gasteiger partial charge in [0.2, 0.25) is 11.8 Å². The normalized spacial score (nSPS) is 26.1. The van der Waals surface area contributed by atoms with Crippen LogP contribution in [0, 0.1) is 5.92 Å². The second kappa shape index (κ2) is 5.16. The van der Waals surface area contributed by atoms with Gasteiger partial charge in [-0.15, -0.1) is 0 Å². The van der Waals surface area contributed by atoms with E-state index < -0.39 is 29.9 Å². The Hall–Kier alpha value is -1.63. The summed E-state index contributed by atoms with van der Waals surface area (Å²) in [4.78, 5) is 36.2. The molecule has 3 N–H and O–H groups in total. The number of aliphatic carboxylic acids is 1. The van der Waals surface area contributed by atoms with Gasteiger partial charge in [0.25, 0.3) is 0 Å². The number of aliphatic hydroxyl groups excluding tert-OH is 1. The number of nitrogens with one attached hydrogen (secondary N) is 1. The Balaban J connectivity index is 1.93. The maximum Gasteiger partial charge on any atom is 0.328 e. The third-order valence-corrected chi connectivity index (χ3v) is 3.56. The predicted molar refractivity (Wildman–Crippen MR) is 64.1 cm³/mol. The van der Waals surface area contributed by atoms with Crippen LogP contribution in [0.3, 0.4) is 0 Å². The summed E-state index contributed by atoms with van der Waals surface area (Å²) in [6.45, 7) is 1.65. The molecule has 0 aromatic rings. The fourth-order valence-corrected chi connectivity index (χ4v) is 2.31. The maximum absolute atomic E-state index is 11.9. The van der Waals surface area contributed by atoms with Crippen molar-refractivity contribution in [1.82, 2.24) is 10.2 Å². The van der Waals surface area contributed by atoms with Crippen molar-refractivity contribution in [2.45, 2.75) is 44.4 Å². The van der Waals surface area contributed by atoms with E-state index in [9.17, 15) is 19.5 Å². The highest BCUT2D eigenvalue weighted by atomic mass is 16.4. The summed E-state index contributed by atoms with van der Waals surface area (Å²) in [5.41, 5.74) is 0. The standard InChI is InChI=1S/C12H18N2O5/c1-6(15)10(12(18)19)13-11(17)7-4-9(16)14(5-7)8-2-3-8/h6-8,10,15H,2-5H2,1H3,(H,13,17)(H,18,19)/t6-,7?,10+/m1/s1. The number of rotatable bonds is 5. The molecule has 2 fully saturated rings. The first-order chi connectivity index (χ1) is 8.90. The van der Waals surface area contributed by atoms with E-state index in [4.69, 9.17) is 5.11 Å². The highest BCUT2D eigenvalue weighted by molar-refractivity contribution is 5.91. The van der Waals surface area contributed by atoms with Crippen LogP contribution in [0.25, 0.3) is 0 Å². The molecule has 2 aliphatic rings. The second-order valence-electron chi connectivity index (χ2n) is 5.24. The van der Waals surface area contributed by atoms with Crippen molar-refractivity contribution in [3.05, 3.63) is 0 Å². The van der Waals surface area contributed by atoms with Crippen LogP contribution in [0.1, 0.15) is 26.2 Å². The average molecular weight is 270 g/mol. The molecular formula is C12H18N2O5. The van der Waals surface area contributed by atoms with E-state index in [2.05, 4.69) is 5.32 Å². The average Bonchev–Trinajstić information content (AvgIpc) is 3.08. The van der Waals surface area contributed by atoms with E-state index in [0.717, 1.165) is 12.8 Å². The zero-order valence-electron chi connectivity index (χ0n) is 10.7. The largest absolute Gasteiger partial charge is 0.480 e. The van der Waals surface area contributed by atoms with Gasteiger partial charge in [0.1, 0.15) is 0 Å². The van der Waals surface area contributed by atoms with Gasteiger partial charge in [-0.2, -0.15) is 0 Å². The van der Waals surface area contributed by atoms with E-state index in [1.807, 2.05) is 0 Å². The number of carboxylic acid groups (broad SMARTS) is 1. The summed E-state index contributed by atoms with van der Waals surface area (Å²) >= 11 is 0. The molecule has 7 nitrogen and oxygen atoms in total. The molecule has 1 aliphatic carbocycles. The number of hydrogen-bond donors (Lipinski definition) is 3. The van der Waals surface area contributed by atoms with Gasteiger partial charge < -0.3 is 20.4 Å². The number of carbonyl (C=O) groups is 3. The lowest BCUT2D eigenvalue weighted by Gasteiger charge is -2.19. The Morgan fingerprint density at radius 2 is 2.05 bits per heavy atom. The zero-order chi connectivity index (χ0) is 14.2. The Bertz CT molecular complexity index is 405. The van der Waals surface area contributed by atoms with Gasteiger partial charge in [0.05, 0.1) is 12.0 Å². The number of carbonyl (C=O) groups excluding carboxylic acids is 2. The lowest BCUT2D eigenvalue weighted by atomic mass is 10.1. The van der Waals surface area contributed by atoms with Gasteiger partial charge in [-0.3, -0.25) is 9.59 Å². The van der Waals surface area contributed by atoms with Crippen molar-refractivity contribution >= 4 is 17.8 Å². The number of aliphatic hydroxyl groups is 1. The minimum atomic E-state index is -1.34. The van der Waals surface area contributed by atoms with Crippen LogP contribution in [0.15, 0.2) is 0 Å². The molecule has 2 rings (SSSR count). The van der Waals surface area contributed by atoms with Crippen LogP contribution < -0.4 is 5.32 Å². The summed E-state index contributed by atoms with van der Waals surface area (Å²) in [7, 11) is 0. The Labute approximate surface area is 110 Å². The molecule has 1 saturated carbocycles. The van der Waals surface area contributed by atoms with Crippen LogP contribution >= 0.6 is 0 Å². The summed E-state index contributed by atoms with van der Waals surface area (Å²) in [6, 6.07) is -1.07. The number of hydrogen-bond acceptors (Lipinski definition) is 4. The van der Waals surface area contributed by atoms with Crippen molar-refractivity contribution < 1.29 is 24.6 Å². The number of likely N-dealkylation sites (tertiary alicyclic amines) is 1. The van der Waals surface area contributed by atoms with E-state index in [1.165, 1.54) is 6.92 Å². The molecule has 0 spiro atoms. The molecule has 0 radical (unpaired) electrons. The molecule has 19 heavy (non-hydrogen) atoms. The van der Waals surface area contributed by atoms with E-state index in [0.29, 0.717) is 6.54 Å². The minimum Gasteiger partial charge on any atom is -0.480 e. The molecule has 3 atom stereocenters. The summed E-state index contributed by atoms with van der Waals surface area (Å²) in [5.74, 6) is -2.34. The third-order valence-electron chi connectivity index (χ3n) is 3.56. The first kappa shape index (κ1) is 13.8. The molecule has 0 aromatic heterocycles. The maximum atomic E-state index is 11.9. The third kappa shape index (κ3) is 3.04. The second-order valence-corrected chi connectivity index (χ2v) is 5.24. The minimum absolute atomic E-state index is 0.0495. The van der Waals surface area contributed by atoms with Crippen molar-refractivity contribution in [3.8, 4) is 0 Å². The van der Waals surface area contributed by atoms with Crippen LogP contribution in [0.2, 0.25) is 0 Å². The van der Waals surface area contributed by atoms with Gasteiger partial charge in [-0.05, 0) is 19.8 Å². The van der Waals surface area contributed by atoms with Gasteiger partial charge in [-0.25, -0.2) is 4.79 Å². The van der Waals surface area contributed by atoms with Crippen LogP contribution in [0.4, 0.5) is 0 Å². The summed E-state index contributed by atoms with van der Waals surface area (Å²) in [6.07, 6.45) is 0.893.